The van der Waals surface area contributed by atoms with Crippen molar-refractivity contribution < 1.29 is 9.90 Å². The van der Waals surface area contributed by atoms with Crippen LogP contribution in [0.5, 0.6) is 0 Å². The summed E-state index contributed by atoms with van der Waals surface area (Å²) in [6.45, 7) is 1.05. The minimum Gasteiger partial charge on any atom is -0.478 e. The maximum absolute atomic E-state index is 10.7. The maximum atomic E-state index is 10.7. The second-order valence-corrected chi connectivity index (χ2v) is 4.10. The molecule has 0 spiro atoms. The van der Waals surface area contributed by atoms with Crippen LogP contribution < -0.4 is 0 Å². The second kappa shape index (κ2) is 6.23. The number of carboxylic acid groups (broad SMARTS) is 1. The third kappa shape index (κ3) is 4.40. The molecule has 0 atom stereocenters. The maximum Gasteiger partial charge on any atom is 0.335 e. The summed E-state index contributed by atoms with van der Waals surface area (Å²) in [6, 6.07) is 3.17. The van der Waals surface area contributed by atoms with Crippen molar-refractivity contribution in [3.8, 4) is 0 Å². The zero-order chi connectivity index (χ0) is 12.0. The normalized spacial score (nSPS) is 10.7. The van der Waals surface area contributed by atoms with E-state index in [9.17, 15) is 4.79 Å². The van der Waals surface area contributed by atoms with E-state index in [1.54, 1.807) is 12.3 Å². The summed E-state index contributed by atoms with van der Waals surface area (Å²) in [6.07, 6.45) is 4.54. The van der Waals surface area contributed by atoms with Crippen LogP contribution in [0.2, 0.25) is 0 Å². The number of aromatic carboxylic acids is 1. The molecule has 1 heterocycles. The SMILES string of the molecule is CN(C)CCCCc1cc(C(=O)O)ccn1. The minimum absolute atomic E-state index is 0.317. The van der Waals surface area contributed by atoms with E-state index in [0.717, 1.165) is 31.5 Å². The highest BCUT2D eigenvalue weighted by Crippen LogP contribution is 2.06. The lowest BCUT2D eigenvalue weighted by atomic mass is 10.1. The average molecular weight is 222 g/mol. The second-order valence-electron chi connectivity index (χ2n) is 4.10. The fourth-order valence-electron chi connectivity index (χ4n) is 1.48. The monoisotopic (exact) mass is 222 g/mol. The number of hydrogen-bond donors (Lipinski definition) is 1. The van der Waals surface area contributed by atoms with E-state index < -0.39 is 5.97 Å². The molecule has 0 aliphatic carbocycles. The summed E-state index contributed by atoms with van der Waals surface area (Å²) >= 11 is 0. The zero-order valence-electron chi connectivity index (χ0n) is 9.81. The van der Waals surface area contributed by atoms with Crippen molar-refractivity contribution in [2.24, 2.45) is 0 Å². The number of rotatable bonds is 6. The highest BCUT2D eigenvalue weighted by atomic mass is 16.4. The number of pyridine rings is 1. The van der Waals surface area contributed by atoms with Crippen LogP contribution in [-0.2, 0) is 6.42 Å². The van der Waals surface area contributed by atoms with E-state index in [0.29, 0.717) is 5.56 Å². The number of aromatic nitrogens is 1. The van der Waals surface area contributed by atoms with Crippen molar-refractivity contribution in [2.75, 3.05) is 20.6 Å². The number of hydrogen-bond acceptors (Lipinski definition) is 3. The van der Waals surface area contributed by atoms with Crippen LogP contribution in [0, 0.1) is 0 Å². The highest BCUT2D eigenvalue weighted by Gasteiger charge is 2.03. The Bertz CT molecular complexity index is 351. The predicted octanol–water partition coefficient (Wildman–Crippen LogP) is 1.66. The van der Waals surface area contributed by atoms with Gasteiger partial charge in [-0.25, -0.2) is 4.79 Å². The smallest absolute Gasteiger partial charge is 0.335 e. The molecular weight excluding hydrogens is 204 g/mol. The Hall–Kier alpha value is -1.42. The quantitative estimate of drug-likeness (QED) is 0.744. The van der Waals surface area contributed by atoms with Gasteiger partial charge in [0.25, 0.3) is 0 Å². The molecule has 0 saturated carbocycles. The van der Waals surface area contributed by atoms with Gasteiger partial charge in [0.2, 0.25) is 0 Å². The van der Waals surface area contributed by atoms with Crippen LogP contribution in [0.15, 0.2) is 18.3 Å². The van der Waals surface area contributed by atoms with Crippen LogP contribution in [0.3, 0.4) is 0 Å². The summed E-state index contributed by atoms with van der Waals surface area (Å²) in [7, 11) is 4.09. The zero-order valence-corrected chi connectivity index (χ0v) is 9.81. The van der Waals surface area contributed by atoms with Gasteiger partial charge in [0, 0.05) is 11.9 Å². The Morgan fingerprint density at radius 1 is 1.44 bits per heavy atom. The molecule has 0 radical (unpaired) electrons. The number of carbonyl (C=O) groups is 1. The van der Waals surface area contributed by atoms with E-state index in [1.165, 1.54) is 6.07 Å². The number of aryl methyl sites for hydroxylation is 1. The van der Waals surface area contributed by atoms with E-state index in [-0.39, 0.29) is 0 Å². The molecule has 0 aliphatic rings. The Morgan fingerprint density at radius 2 is 2.19 bits per heavy atom. The van der Waals surface area contributed by atoms with Crippen LogP contribution in [0.1, 0.15) is 28.9 Å². The van der Waals surface area contributed by atoms with Gasteiger partial charge in [-0.2, -0.15) is 0 Å². The molecule has 1 rings (SSSR count). The molecule has 1 aromatic heterocycles. The van der Waals surface area contributed by atoms with Gasteiger partial charge in [0.15, 0.2) is 0 Å². The molecule has 4 heteroatoms. The van der Waals surface area contributed by atoms with Crippen molar-refractivity contribution in [1.29, 1.82) is 0 Å². The van der Waals surface area contributed by atoms with Crippen molar-refractivity contribution in [2.45, 2.75) is 19.3 Å². The van der Waals surface area contributed by atoms with Crippen molar-refractivity contribution in [3.05, 3.63) is 29.6 Å². The first-order chi connectivity index (χ1) is 7.59. The van der Waals surface area contributed by atoms with Gasteiger partial charge in [-0.1, -0.05) is 0 Å². The Labute approximate surface area is 95.9 Å². The molecule has 0 unspecified atom stereocenters. The van der Waals surface area contributed by atoms with Crippen LogP contribution >= 0.6 is 0 Å². The molecule has 0 aliphatic heterocycles. The topological polar surface area (TPSA) is 53.4 Å². The molecular formula is C12H18N2O2. The lowest BCUT2D eigenvalue weighted by molar-refractivity contribution is 0.0696. The summed E-state index contributed by atoms with van der Waals surface area (Å²) in [5, 5.41) is 8.82. The fourth-order valence-corrected chi connectivity index (χ4v) is 1.48. The lowest BCUT2D eigenvalue weighted by Gasteiger charge is -2.08. The van der Waals surface area contributed by atoms with Gasteiger partial charge in [0.05, 0.1) is 5.56 Å². The summed E-state index contributed by atoms with van der Waals surface area (Å²) in [5.41, 5.74) is 1.18. The summed E-state index contributed by atoms with van der Waals surface area (Å²) in [4.78, 5) is 17.0. The van der Waals surface area contributed by atoms with Crippen LogP contribution in [-0.4, -0.2) is 41.6 Å². The van der Waals surface area contributed by atoms with Gasteiger partial charge in [-0.05, 0) is 52.0 Å². The van der Waals surface area contributed by atoms with E-state index in [2.05, 4.69) is 9.88 Å². The van der Waals surface area contributed by atoms with Gasteiger partial charge in [-0.3, -0.25) is 4.98 Å². The third-order valence-electron chi connectivity index (χ3n) is 2.35. The van der Waals surface area contributed by atoms with E-state index in [1.807, 2.05) is 14.1 Å². The van der Waals surface area contributed by atoms with Gasteiger partial charge < -0.3 is 10.0 Å². The van der Waals surface area contributed by atoms with Crippen LogP contribution in [0.4, 0.5) is 0 Å². The predicted molar refractivity (Wildman–Crippen MR) is 62.7 cm³/mol. The molecule has 4 nitrogen and oxygen atoms in total. The van der Waals surface area contributed by atoms with Crippen molar-refractivity contribution in [3.63, 3.8) is 0 Å². The molecule has 16 heavy (non-hydrogen) atoms. The standard InChI is InChI=1S/C12H18N2O2/c1-14(2)8-4-3-5-11-9-10(12(15)16)6-7-13-11/h6-7,9H,3-5,8H2,1-2H3,(H,15,16). The molecule has 88 valence electrons. The first-order valence-electron chi connectivity index (χ1n) is 5.42. The first-order valence-corrected chi connectivity index (χ1v) is 5.42. The summed E-state index contributed by atoms with van der Waals surface area (Å²) in [5.74, 6) is -0.892. The lowest BCUT2D eigenvalue weighted by Crippen LogP contribution is -2.13. The Balaban J connectivity index is 2.42. The minimum atomic E-state index is -0.892. The van der Waals surface area contributed by atoms with Gasteiger partial charge in [0.1, 0.15) is 0 Å². The molecule has 0 fully saturated rings. The average Bonchev–Trinajstić information content (AvgIpc) is 2.24. The fraction of sp³-hybridized carbons (Fsp3) is 0.500. The first kappa shape index (κ1) is 12.6. The molecule has 0 amide bonds. The molecule has 0 saturated heterocycles. The Morgan fingerprint density at radius 3 is 2.81 bits per heavy atom. The van der Waals surface area contributed by atoms with Gasteiger partial charge >= 0.3 is 5.97 Å². The highest BCUT2D eigenvalue weighted by molar-refractivity contribution is 5.87. The van der Waals surface area contributed by atoms with Gasteiger partial charge in [-0.15, -0.1) is 0 Å². The molecule has 0 aromatic carbocycles. The molecule has 1 aromatic rings. The number of nitrogens with zero attached hydrogens (tertiary/aromatic N) is 2. The van der Waals surface area contributed by atoms with Crippen LogP contribution in [0.25, 0.3) is 0 Å². The van der Waals surface area contributed by atoms with Crippen molar-refractivity contribution >= 4 is 5.97 Å². The number of unbranched alkanes of at least 4 members (excludes halogenated alkanes) is 1. The van der Waals surface area contributed by atoms with Crippen molar-refractivity contribution in [1.82, 2.24) is 9.88 Å². The largest absolute Gasteiger partial charge is 0.478 e. The Kier molecular flexibility index (Phi) is 4.92. The molecule has 0 bridgehead atoms. The third-order valence-corrected chi connectivity index (χ3v) is 2.35. The molecule has 1 N–H and O–H groups in total. The number of carboxylic acids is 1. The van der Waals surface area contributed by atoms with E-state index >= 15 is 0 Å². The van der Waals surface area contributed by atoms with E-state index in [4.69, 9.17) is 5.11 Å². The summed E-state index contributed by atoms with van der Waals surface area (Å²) < 4.78 is 0.